The highest BCUT2D eigenvalue weighted by molar-refractivity contribution is 7.89. The van der Waals surface area contributed by atoms with E-state index in [2.05, 4.69) is 17.0 Å². The fourth-order valence-electron chi connectivity index (χ4n) is 3.74. The summed E-state index contributed by atoms with van der Waals surface area (Å²) in [5.74, 6) is 0.738. The fraction of sp³-hybridized carbons (Fsp3) is 0.409. The number of likely N-dealkylation sites (N-methyl/N-ethyl adjacent to an activating group) is 1. The van der Waals surface area contributed by atoms with Gasteiger partial charge < -0.3 is 14.4 Å². The highest BCUT2D eigenvalue weighted by atomic mass is 32.2. The average molecular weight is 446 g/mol. The fourth-order valence-corrected chi connectivity index (χ4v) is 4.87. The number of hydrogen-bond acceptors (Lipinski definition) is 6. The first-order valence-electron chi connectivity index (χ1n) is 10.3. The first-order valence-corrected chi connectivity index (χ1v) is 11.8. The molecule has 0 saturated carbocycles. The van der Waals surface area contributed by atoms with Gasteiger partial charge in [-0.2, -0.15) is 4.31 Å². The Labute approximate surface area is 183 Å². The van der Waals surface area contributed by atoms with E-state index in [9.17, 15) is 13.2 Å². The molecule has 1 saturated heterocycles. The Morgan fingerprint density at radius 1 is 0.968 bits per heavy atom. The molecule has 0 spiro atoms. The summed E-state index contributed by atoms with van der Waals surface area (Å²) in [6.45, 7) is 4.16. The number of amides is 1. The van der Waals surface area contributed by atoms with Crippen molar-refractivity contribution in [3.63, 3.8) is 0 Å². The van der Waals surface area contributed by atoms with E-state index in [0.29, 0.717) is 37.8 Å². The maximum absolute atomic E-state index is 12.9. The van der Waals surface area contributed by atoms with Crippen LogP contribution in [0.15, 0.2) is 53.4 Å². The molecule has 2 heterocycles. The number of ether oxygens (including phenoxy) is 2. The molecule has 9 heteroatoms. The van der Waals surface area contributed by atoms with Crippen LogP contribution in [0.3, 0.4) is 0 Å². The summed E-state index contributed by atoms with van der Waals surface area (Å²) < 4.78 is 37.9. The van der Waals surface area contributed by atoms with Crippen LogP contribution in [0.5, 0.6) is 11.5 Å². The molecule has 2 aliphatic rings. The van der Waals surface area contributed by atoms with Gasteiger partial charge in [0.25, 0.3) is 0 Å². The Morgan fingerprint density at radius 3 is 2.35 bits per heavy atom. The van der Waals surface area contributed by atoms with Crippen LogP contribution in [0.4, 0.5) is 0 Å². The van der Waals surface area contributed by atoms with E-state index in [4.69, 9.17) is 9.47 Å². The lowest BCUT2D eigenvalue weighted by Gasteiger charge is -2.35. The number of benzene rings is 2. The number of carbonyl (C=O) groups excluding carboxylic acids is 1. The zero-order valence-corrected chi connectivity index (χ0v) is 18.4. The van der Waals surface area contributed by atoms with E-state index < -0.39 is 10.0 Å². The lowest BCUT2D eigenvalue weighted by atomic mass is 10.2. The molecule has 2 aromatic carbocycles. The Morgan fingerprint density at radius 2 is 1.65 bits per heavy atom. The molecule has 4 rings (SSSR count). The van der Waals surface area contributed by atoms with Crippen LogP contribution in [0, 0.1) is 0 Å². The quantitative estimate of drug-likeness (QED) is 0.669. The Balaban J connectivity index is 1.33. The van der Waals surface area contributed by atoms with E-state index >= 15 is 0 Å². The maximum atomic E-state index is 12.9. The predicted molar refractivity (Wildman–Crippen MR) is 116 cm³/mol. The molecular weight excluding hydrogens is 418 g/mol. The molecule has 0 atom stereocenters. The third-order valence-corrected chi connectivity index (χ3v) is 7.35. The zero-order chi connectivity index (χ0) is 21.8. The predicted octanol–water partition coefficient (Wildman–Crippen LogP) is 1.42. The Bertz CT molecular complexity index is 1020. The molecule has 0 unspecified atom stereocenters. The second-order valence-electron chi connectivity index (χ2n) is 7.71. The number of fused-ring (bicyclic) bond motifs is 1. The van der Waals surface area contributed by atoms with Crippen LogP contribution in [0.1, 0.15) is 5.56 Å². The lowest BCUT2D eigenvalue weighted by molar-refractivity contribution is -0.133. The Hall–Kier alpha value is -2.62. The maximum Gasteiger partial charge on any atom is 0.243 e. The van der Waals surface area contributed by atoms with Gasteiger partial charge in [-0.1, -0.05) is 30.3 Å². The molecule has 2 aliphatic heterocycles. The Kier molecular flexibility index (Phi) is 6.45. The van der Waals surface area contributed by atoms with E-state index in [-0.39, 0.29) is 17.3 Å². The lowest BCUT2D eigenvalue weighted by Crippen LogP contribution is -2.51. The van der Waals surface area contributed by atoms with Gasteiger partial charge in [0.1, 0.15) is 13.2 Å². The van der Waals surface area contributed by atoms with Gasteiger partial charge in [-0.3, -0.25) is 9.69 Å². The third-order valence-electron chi connectivity index (χ3n) is 5.55. The molecule has 2 aromatic rings. The van der Waals surface area contributed by atoms with Gasteiger partial charge >= 0.3 is 0 Å². The molecule has 0 radical (unpaired) electrons. The summed E-state index contributed by atoms with van der Waals surface area (Å²) in [4.78, 5) is 16.9. The van der Waals surface area contributed by atoms with Gasteiger partial charge in [-0.05, 0) is 17.7 Å². The molecule has 166 valence electrons. The summed E-state index contributed by atoms with van der Waals surface area (Å²) in [7, 11) is -2.39. The van der Waals surface area contributed by atoms with Crippen molar-refractivity contribution in [3.8, 4) is 11.5 Å². The molecular formula is C22H27N3O5S. The van der Waals surface area contributed by atoms with Crippen molar-refractivity contribution in [1.82, 2.24) is 14.1 Å². The van der Waals surface area contributed by atoms with Crippen molar-refractivity contribution in [2.24, 2.45) is 0 Å². The van der Waals surface area contributed by atoms with Crippen LogP contribution in [0.2, 0.25) is 0 Å². The molecule has 1 amide bonds. The van der Waals surface area contributed by atoms with Gasteiger partial charge in [0.05, 0.1) is 11.4 Å². The van der Waals surface area contributed by atoms with E-state index in [1.807, 2.05) is 18.2 Å². The first-order chi connectivity index (χ1) is 14.9. The summed E-state index contributed by atoms with van der Waals surface area (Å²) in [6, 6.07) is 14.7. The minimum absolute atomic E-state index is 0.0831. The first kappa shape index (κ1) is 21.6. The smallest absolute Gasteiger partial charge is 0.243 e. The summed E-state index contributed by atoms with van der Waals surface area (Å²) in [5.41, 5.74) is 1.24. The van der Waals surface area contributed by atoms with E-state index in [0.717, 1.165) is 23.9 Å². The average Bonchev–Trinajstić information content (AvgIpc) is 2.79. The minimum Gasteiger partial charge on any atom is -0.486 e. The van der Waals surface area contributed by atoms with Gasteiger partial charge in [0.2, 0.25) is 15.9 Å². The van der Waals surface area contributed by atoms with Crippen molar-refractivity contribution in [2.45, 2.75) is 11.4 Å². The molecule has 0 bridgehead atoms. The van der Waals surface area contributed by atoms with Crippen LogP contribution in [-0.4, -0.2) is 81.4 Å². The molecule has 0 N–H and O–H groups in total. The third kappa shape index (κ3) is 5.00. The van der Waals surface area contributed by atoms with Gasteiger partial charge in [-0.15, -0.1) is 0 Å². The number of carbonyl (C=O) groups is 1. The van der Waals surface area contributed by atoms with Gasteiger partial charge in [0, 0.05) is 45.8 Å². The number of sulfonamides is 1. The van der Waals surface area contributed by atoms with Crippen LogP contribution >= 0.6 is 0 Å². The topological polar surface area (TPSA) is 79.4 Å². The summed E-state index contributed by atoms with van der Waals surface area (Å²) in [5, 5.41) is 0. The van der Waals surface area contributed by atoms with Gasteiger partial charge in [0.15, 0.2) is 11.5 Å². The number of hydrogen-bond donors (Lipinski definition) is 0. The van der Waals surface area contributed by atoms with Crippen LogP contribution in [-0.2, 0) is 21.4 Å². The monoisotopic (exact) mass is 445 g/mol. The standard InChI is InChI=1S/C22H27N3O5S/c1-23(31(27,28)19-7-8-20-21(15-19)30-14-13-29-20)17-22(26)25-11-9-24(10-12-25)16-18-5-3-2-4-6-18/h2-8,15H,9-14,16-17H2,1H3. The number of nitrogens with zero attached hydrogens (tertiary/aromatic N) is 3. The van der Waals surface area contributed by atoms with Gasteiger partial charge in [-0.25, -0.2) is 8.42 Å². The summed E-state index contributed by atoms with van der Waals surface area (Å²) >= 11 is 0. The van der Waals surface area contributed by atoms with Crippen molar-refractivity contribution in [2.75, 3.05) is 53.0 Å². The second kappa shape index (κ2) is 9.25. The summed E-state index contributed by atoms with van der Waals surface area (Å²) in [6.07, 6.45) is 0. The van der Waals surface area contributed by atoms with Crippen molar-refractivity contribution in [3.05, 3.63) is 54.1 Å². The molecule has 0 aliphatic carbocycles. The van der Waals surface area contributed by atoms with E-state index in [1.54, 1.807) is 11.0 Å². The molecule has 1 fully saturated rings. The minimum atomic E-state index is -3.82. The zero-order valence-electron chi connectivity index (χ0n) is 17.6. The molecule has 8 nitrogen and oxygen atoms in total. The van der Waals surface area contributed by atoms with Crippen molar-refractivity contribution >= 4 is 15.9 Å². The van der Waals surface area contributed by atoms with Crippen LogP contribution < -0.4 is 9.47 Å². The SMILES string of the molecule is CN(CC(=O)N1CCN(Cc2ccccc2)CC1)S(=O)(=O)c1ccc2c(c1)OCCO2. The number of rotatable bonds is 6. The number of piperazine rings is 1. The van der Waals surface area contributed by atoms with Crippen molar-refractivity contribution in [1.29, 1.82) is 0 Å². The largest absolute Gasteiger partial charge is 0.486 e. The highest BCUT2D eigenvalue weighted by Gasteiger charge is 2.28. The normalized spacial score (nSPS) is 17.0. The molecule has 0 aromatic heterocycles. The molecule has 31 heavy (non-hydrogen) atoms. The van der Waals surface area contributed by atoms with E-state index in [1.165, 1.54) is 24.7 Å². The highest BCUT2D eigenvalue weighted by Crippen LogP contribution is 2.33. The second-order valence-corrected chi connectivity index (χ2v) is 9.75. The van der Waals surface area contributed by atoms with Crippen LogP contribution in [0.25, 0.3) is 0 Å². The van der Waals surface area contributed by atoms with Crippen molar-refractivity contribution < 1.29 is 22.7 Å².